The van der Waals surface area contributed by atoms with Gasteiger partial charge in [0.05, 0.1) is 12.0 Å². The van der Waals surface area contributed by atoms with Gasteiger partial charge in [-0.3, -0.25) is 4.79 Å². The maximum Gasteiger partial charge on any atom is 0.335 e. The normalized spacial score (nSPS) is 16.0. The van der Waals surface area contributed by atoms with E-state index < -0.39 is 5.97 Å². The Bertz CT molecular complexity index is 506. The smallest absolute Gasteiger partial charge is 0.335 e. The molecule has 5 heteroatoms. The molecule has 2 N–H and O–H groups in total. The van der Waals surface area contributed by atoms with E-state index in [4.69, 9.17) is 9.84 Å². The van der Waals surface area contributed by atoms with Crippen molar-refractivity contribution in [3.63, 3.8) is 0 Å². The molecule has 2 rings (SSSR count). The molecule has 1 saturated carbocycles. The maximum atomic E-state index is 12.1. The van der Waals surface area contributed by atoms with E-state index in [1.807, 2.05) is 0 Å². The van der Waals surface area contributed by atoms with E-state index in [0.717, 1.165) is 31.2 Å². The molecule has 114 valence electrons. The predicted molar refractivity (Wildman–Crippen MR) is 78.3 cm³/mol. The molecule has 0 saturated heterocycles. The summed E-state index contributed by atoms with van der Waals surface area (Å²) in [6.45, 7) is 0.646. The molecule has 0 unspecified atom stereocenters. The number of hydrogen-bond acceptors (Lipinski definition) is 3. The van der Waals surface area contributed by atoms with Crippen LogP contribution in [0, 0.1) is 0 Å². The van der Waals surface area contributed by atoms with E-state index in [-0.39, 0.29) is 23.4 Å². The van der Waals surface area contributed by atoms with E-state index in [2.05, 4.69) is 5.32 Å². The molecule has 0 heterocycles. The van der Waals surface area contributed by atoms with Crippen molar-refractivity contribution in [3.05, 3.63) is 35.4 Å². The molecule has 0 spiro atoms. The van der Waals surface area contributed by atoms with Crippen LogP contribution in [0.2, 0.25) is 0 Å². The zero-order chi connectivity index (χ0) is 15.3. The Morgan fingerprint density at radius 2 is 1.95 bits per heavy atom. The number of carboxylic acid groups (broad SMARTS) is 1. The fourth-order valence-corrected chi connectivity index (χ4v) is 2.63. The molecule has 1 aromatic carbocycles. The number of ether oxygens (including phenoxy) is 1. The number of methoxy groups -OCH3 is 1. The first kappa shape index (κ1) is 15.5. The van der Waals surface area contributed by atoms with Crippen molar-refractivity contribution in [1.29, 1.82) is 0 Å². The highest BCUT2D eigenvalue weighted by Gasteiger charge is 2.37. The van der Waals surface area contributed by atoms with Crippen LogP contribution in [0.5, 0.6) is 0 Å². The van der Waals surface area contributed by atoms with Gasteiger partial charge in [-0.15, -0.1) is 0 Å². The minimum absolute atomic E-state index is 0.0196. The number of carbonyl (C=O) groups excluding carboxylic acids is 1. The molecule has 0 radical (unpaired) electrons. The number of carboxylic acids is 1. The van der Waals surface area contributed by atoms with Crippen LogP contribution >= 0.6 is 0 Å². The minimum Gasteiger partial charge on any atom is -0.478 e. The molecular weight excluding hydrogens is 270 g/mol. The third kappa shape index (κ3) is 4.04. The number of benzene rings is 1. The second-order valence-electron chi connectivity index (χ2n) is 5.60. The Morgan fingerprint density at radius 1 is 1.29 bits per heavy atom. The van der Waals surface area contributed by atoms with E-state index >= 15 is 0 Å². The Labute approximate surface area is 124 Å². The number of carbonyl (C=O) groups is 2. The fourth-order valence-electron chi connectivity index (χ4n) is 2.63. The summed E-state index contributed by atoms with van der Waals surface area (Å²) in [5.74, 6) is -0.979. The molecule has 1 aromatic rings. The van der Waals surface area contributed by atoms with Gasteiger partial charge in [-0.25, -0.2) is 4.79 Å². The van der Waals surface area contributed by atoms with Crippen LogP contribution in [-0.4, -0.2) is 36.2 Å². The number of nitrogens with one attached hydrogen (secondary N) is 1. The second kappa shape index (κ2) is 6.72. The van der Waals surface area contributed by atoms with Crippen molar-refractivity contribution in [2.45, 2.75) is 37.6 Å². The molecule has 1 aliphatic rings. The van der Waals surface area contributed by atoms with Crippen LogP contribution < -0.4 is 5.32 Å². The summed E-state index contributed by atoms with van der Waals surface area (Å²) in [6.07, 6.45) is 4.25. The first-order valence-electron chi connectivity index (χ1n) is 7.17. The van der Waals surface area contributed by atoms with Crippen LogP contribution in [0.15, 0.2) is 24.3 Å². The molecule has 1 amide bonds. The lowest BCUT2D eigenvalue weighted by molar-refractivity contribution is -0.123. The van der Waals surface area contributed by atoms with Gasteiger partial charge in [0.15, 0.2) is 0 Å². The van der Waals surface area contributed by atoms with Crippen LogP contribution in [0.25, 0.3) is 0 Å². The number of hydrogen-bond donors (Lipinski definition) is 2. The van der Waals surface area contributed by atoms with E-state index in [9.17, 15) is 9.59 Å². The maximum absolute atomic E-state index is 12.1. The van der Waals surface area contributed by atoms with Crippen molar-refractivity contribution >= 4 is 11.9 Å². The Balaban J connectivity index is 1.90. The highest BCUT2D eigenvalue weighted by atomic mass is 16.5. The summed E-state index contributed by atoms with van der Waals surface area (Å²) in [5.41, 5.74) is 0.946. The summed E-state index contributed by atoms with van der Waals surface area (Å²) in [7, 11) is 1.66. The monoisotopic (exact) mass is 291 g/mol. The summed E-state index contributed by atoms with van der Waals surface area (Å²) >= 11 is 0. The molecule has 1 aliphatic carbocycles. The lowest BCUT2D eigenvalue weighted by Crippen LogP contribution is -2.54. The predicted octanol–water partition coefficient (Wildman–Crippen LogP) is 2.00. The van der Waals surface area contributed by atoms with Crippen molar-refractivity contribution in [2.75, 3.05) is 13.7 Å². The van der Waals surface area contributed by atoms with Gasteiger partial charge in [-0.2, -0.15) is 0 Å². The molecule has 21 heavy (non-hydrogen) atoms. The Hall–Kier alpha value is -1.88. The van der Waals surface area contributed by atoms with Crippen molar-refractivity contribution in [2.24, 2.45) is 0 Å². The SMILES string of the molecule is COCCC1(NC(=O)Cc2ccc(C(=O)O)cc2)CCC1. The van der Waals surface area contributed by atoms with Gasteiger partial charge in [0.25, 0.3) is 0 Å². The quantitative estimate of drug-likeness (QED) is 0.805. The largest absolute Gasteiger partial charge is 0.478 e. The van der Waals surface area contributed by atoms with Crippen molar-refractivity contribution < 1.29 is 19.4 Å². The highest BCUT2D eigenvalue weighted by Crippen LogP contribution is 2.34. The van der Waals surface area contributed by atoms with Crippen LogP contribution in [0.3, 0.4) is 0 Å². The third-order valence-corrected chi connectivity index (χ3v) is 4.07. The summed E-state index contributed by atoms with van der Waals surface area (Å²) in [4.78, 5) is 22.9. The van der Waals surface area contributed by atoms with Gasteiger partial charge < -0.3 is 15.2 Å². The first-order chi connectivity index (χ1) is 10.0. The van der Waals surface area contributed by atoms with Gasteiger partial charge in [0.2, 0.25) is 5.91 Å². The molecular formula is C16H21NO4. The van der Waals surface area contributed by atoms with Crippen molar-refractivity contribution in [1.82, 2.24) is 5.32 Å². The molecule has 0 aliphatic heterocycles. The third-order valence-electron chi connectivity index (χ3n) is 4.07. The van der Waals surface area contributed by atoms with Crippen molar-refractivity contribution in [3.8, 4) is 0 Å². The standard InChI is InChI=1S/C16H21NO4/c1-21-10-9-16(7-2-8-16)17-14(18)11-12-3-5-13(6-4-12)15(19)20/h3-6H,2,7-11H2,1H3,(H,17,18)(H,19,20). The average Bonchev–Trinajstić information content (AvgIpc) is 2.42. The minimum atomic E-state index is -0.959. The summed E-state index contributed by atoms with van der Waals surface area (Å²) in [6, 6.07) is 6.42. The van der Waals surface area contributed by atoms with Crippen LogP contribution in [0.1, 0.15) is 41.6 Å². The van der Waals surface area contributed by atoms with Gasteiger partial charge >= 0.3 is 5.97 Å². The lowest BCUT2D eigenvalue weighted by atomic mass is 9.74. The number of aromatic carboxylic acids is 1. The van der Waals surface area contributed by atoms with Gasteiger partial charge in [0, 0.05) is 19.3 Å². The van der Waals surface area contributed by atoms with E-state index in [1.165, 1.54) is 12.1 Å². The summed E-state index contributed by atoms with van der Waals surface area (Å²) < 4.78 is 5.10. The summed E-state index contributed by atoms with van der Waals surface area (Å²) in [5, 5.41) is 12.0. The molecule has 1 fully saturated rings. The molecule has 5 nitrogen and oxygen atoms in total. The fraction of sp³-hybridized carbons (Fsp3) is 0.500. The Kier molecular flexibility index (Phi) is 4.96. The lowest BCUT2D eigenvalue weighted by Gasteiger charge is -2.42. The molecule has 0 atom stereocenters. The molecule has 0 bridgehead atoms. The van der Waals surface area contributed by atoms with E-state index in [0.29, 0.717) is 6.61 Å². The van der Waals surface area contributed by atoms with Crippen LogP contribution in [0.4, 0.5) is 0 Å². The number of rotatable bonds is 7. The average molecular weight is 291 g/mol. The van der Waals surface area contributed by atoms with E-state index in [1.54, 1.807) is 19.2 Å². The zero-order valence-corrected chi connectivity index (χ0v) is 12.2. The second-order valence-corrected chi connectivity index (χ2v) is 5.60. The van der Waals surface area contributed by atoms with Gasteiger partial charge in [-0.1, -0.05) is 12.1 Å². The zero-order valence-electron chi connectivity index (χ0n) is 12.2. The highest BCUT2D eigenvalue weighted by molar-refractivity contribution is 5.87. The molecule has 0 aromatic heterocycles. The van der Waals surface area contributed by atoms with Gasteiger partial charge in [-0.05, 0) is 43.4 Å². The topological polar surface area (TPSA) is 75.6 Å². The first-order valence-corrected chi connectivity index (χ1v) is 7.17. The van der Waals surface area contributed by atoms with Crippen LogP contribution in [-0.2, 0) is 16.0 Å². The Morgan fingerprint density at radius 3 is 2.43 bits per heavy atom. The van der Waals surface area contributed by atoms with Gasteiger partial charge in [0.1, 0.15) is 0 Å². The number of amides is 1.